The van der Waals surface area contributed by atoms with Gasteiger partial charge in [-0.25, -0.2) is 4.98 Å². The summed E-state index contributed by atoms with van der Waals surface area (Å²) in [6.45, 7) is 2.38. The highest BCUT2D eigenvalue weighted by atomic mass is 35.5. The van der Waals surface area contributed by atoms with Crippen molar-refractivity contribution in [2.24, 2.45) is 11.7 Å². The normalized spacial score (nSPS) is 18.9. The molecule has 9 heteroatoms. The molecule has 0 spiro atoms. The van der Waals surface area contributed by atoms with Crippen molar-refractivity contribution in [3.05, 3.63) is 21.1 Å². The Bertz CT molecular complexity index is 565. The Morgan fingerprint density at radius 3 is 2.85 bits per heavy atom. The third kappa shape index (κ3) is 2.79. The molecule has 8 nitrogen and oxygen atoms in total. The average molecular weight is 300 g/mol. The van der Waals surface area contributed by atoms with Gasteiger partial charge >= 0.3 is 5.69 Å². The Kier molecular flexibility index (Phi) is 4.03. The van der Waals surface area contributed by atoms with Crippen molar-refractivity contribution in [1.82, 2.24) is 9.97 Å². The lowest BCUT2D eigenvalue weighted by atomic mass is 9.97. The molecule has 0 bridgehead atoms. The number of hydrogen-bond donors (Lipinski definition) is 1. The summed E-state index contributed by atoms with van der Waals surface area (Å²) in [6.07, 6.45) is 1.39. The van der Waals surface area contributed by atoms with Gasteiger partial charge in [0.05, 0.1) is 10.8 Å². The van der Waals surface area contributed by atoms with Gasteiger partial charge in [-0.05, 0) is 31.4 Å². The molecule has 1 unspecified atom stereocenters. The lowest BCUT2D eigenvalue weighted by molar-refractivity contribution is -0.385. The Hall–Kier alpha value is -1.96. The molecule has 0 radical (unpaired) electrons. The molecule has 1 saturated heterocycles. The van der Waals surface area contributed by atoms with E-state index in [9.17, 15) is 14.9 Å². The summed E-state index contributed by atoms with van der Waals surface area (Å²) in [7, 11) is 0. The zero-order chi connectivity index (χ0) is 14.9. The first-order valence-corrected chi connectivity index (χ1v) is 6.50. The third-order valence-electron chi connectivity index (χ3n) is 3.32. The van der Waals surface area contributed by atoms with Gasteiger partial charge in [0.25, 0.3) is 0 Å². The van der Waals surface area contributed by atoms with E-state index in [1.807, 2.05) is 0 Å². The van der Waals surface area contributed by atoms with Crippen molar-refractivity contribution in [1.29, 1.82) is 0 Å². The van der Waals surface area contributed by atoms with Crippen LogP contribution in [0, 0.1) is 23.0 Å². The number of carbonyl (C=O) groups excluding carboxylic acids is 1. The summed E-state index contributed by atoms with van der Waals surface area (Å²) in [5.41, 5.74) is 5.33. The zero-order valence-electron chi connectivity index (χ0n) is 10.9. The summed E-state index contributed by atoms with van der Waals surface area (Å²) >= 11 is 5.78. The Balaban J connectivity index is 2.41. The molecule has 1 aliphatic heterocycles. The predicted molar refractivity (Wildman–Crippen MR) is 72.6 cm³/mol. The molecule has 1 atom stereocenters. The molecule has 108 valence electrons. The maximum Gasteiger partial charge on any atom is 0.332 e. The van der Waals surface area contributed by atoms with Crippen LogP contribution in [0.3, 0.4) is 0 Å². The number of nitrogens with zero attached hydrogens (tertiary/aromatic N) is 4. The molecule has 2 rings (SSSR count). The highest BCUT2D eigenvalue weighted by Crippen LogP contribution is 2.32. The van der Waals surface area contributed by atoms with Crippen molar-refractivity contribution < 1.29 is 9.72 Å². The second kappa shape index (κ2) is 5.58. The fourth-order valence-electron chi connectivity index (χ4n) is 2.35. The number of piperidine rings is 1. The van der Waals surface area contributed by atoms with E-state index >= 15 is 0 Å². The highest BCUT2D eigenvalue weighted by molar-refractivity contribution is 6.28. The standard InChI is InChI=1S/C11H14ClN5O3/c1-6-8(17(19)20)10(15-11(12)14-6)16-4-2-3-7(5-16)9(13)18/h7H,2-5H2,1H3,(H2,13,18). The van der Waals surface area contributed by atoms with Crippen molar-refractivity contribution in [2.75, 3.05) is 18.0 Å². The predicted octanol–water partition coefficient (Wildman–Crippen LogP) is 1.05. The molecular formula is C11H14ClN5O3. The van der Waals surface area contributed by atoms with Crippen molar-refractivity contribution in [3.63, 3.8) is 0 Å². The van der Waals surface area contributed by atoms with Gasteiger partial charge in [-0.15, -0.1) is 0 Å². The second-order valence-corrected chi connectivity index (χ2v) is 5.03. The second-order valence-electron chi connectivity index (χ2n) is 4.69. The van der Waals surface area contributed by atoms with Crippen LogP contribution in [0.2, 0.25) is 5.28 Å². The molecule has 1 aromatic heterocycles. The molecule has 0 aliphatic carbocycles. The van der Waals surface area contributed by atoms with Gasteiger partial charge in [-0.3, -0.25) is 14.9 Å². The first-order chi connectivity index (χ1) is 9.40. The molecule has 2 N–H and O–H groups in total. The van der Waals surface area contributed by atoms with Crippen molar-refractivity contribution in [2.45, 2.75) is 19.8 Å². The number of nitro groups is 1. The minimum atomic E-state index is -0.533. The van der Waals surface area contributed by atoms with Gasteiger partial charge < -0.3 is 10.6 Å². The van der Waals surface area contributed by atoms with Gasteiger partial charge in [-0.2, -0.15) is 4.98 Å². The van der Waals surface area contributed by atoms with Crippen LogP contribution in [0.1, 0.15) is 18.5 Å². The molecule has 1 amide bonds. The number of carbonyl (C=O) groups is 1. The smallest absolute Gasteiger partial charge is 0.332 e. The van der Waals surface area contributed by atoms with Gasteiger partial charge in [0, 0.05) is 13.1 Å². The van der Waals surface area contributed by atoms with Gasteiger partial charge in [0.1, 0.15) is 5.69 Å². The maximum absolute atomic E-state index is 11.3. The minimum absolute atomic E-state index is 0.0516. The number of aromatic nitrogens is 2. The van der Waals surface area contributed by atoms with E-state index in [-0.39, 0.29) is 28.4 Å². The number of primary amides is 1. The monoisotopic (exact) mass is 299 g/mol. The van der Waals surface area contributed by atoms with Gasteiger partial charge in [0.2, 0.25) is 17.0 Å². The summed E-state index contributed by atoms with van der Waals surface area (Å²) in [4.78, 5) is 31.4. The topological polar surface area (TPSA) is 115 Å². The molecule has 1 aliphatic rings. The van der Waals surface area contributed by atoms with E-state index in [1.165, 1.54) is 6.92 Å². The van der Waals surface area contributed by atoms with Crippen LogP contribution in [0.5, 0.6) is 0 Å². The Morgan fingerprint density at radius 1 is 1.55 bits per heavy atom. The lowest BCUT2D eigenvalue weighted by Crippen LogP contribution is -2.41. The number of nitrogens with two attached hydrogens (primary N) is 1. The number of rotatable bonds is 3. The van der Waals surface area contributed by atoms with Crippen LogP contribution in [-0.2, 0) is 4.79 Å². The van der Waals surface area contributed by atoms with Gasteiger partial charge in [-0.1, -0.05) is 0 Å². The van der Waals surface area contributed by atoms with E-state index in [0.717, 1.165) is 0 Å². The SMILES string of the molecule is Cc1nc(Cl)nc(N2CCCC(C(N)=O)C2)c1[N+](=O)[O-]. The number of aryl methyl sites for hydroxylation is 1. The highest BCUT2D eigenvalue weighted by Gasteiger charge is 2.31. The van der Waals surface area contributed by atoms with Crippen LogP contribution < -0.4 is 10.6 Å². The van der Waals surface area contributed by atoms with Gasteiger partial charge in [0.15, 0.2) is 0 Å². The lowest BCUT2D eigenvalue weighted by Gasteiger charge is -2.31. The van der Waals surface area contributed by atoms with E-state index in [4.69, 9.17) is 17.3 Å². The van der Waals surface area contributed by atoms with E-state index in [1.54, 1.807) is 4.90 Å². The molecule has 1 fully saturated rings. The molecule has 2 heterocycles. The largest absolute Gasteiger partial charge is 0.369 e. The average Bonchev–Trinajstić information content (AvgIpc) is 2.37. The van der Waals surface area contributed by atoms with Crippen LogP contribution >= 0.6 is 11.6 Å². The number of amides is 1. The number of halogens is 1. The Labute approximate surface area is 120 Å². The van der Waals surface area contributed by atoms with E-state index in [2.05, 4.69) is 9.97 Å². The number of hydrogen-bond acceptors (Lipinski definition) is 6. The quantitative estimate of drug-likeness (QED) is 0.506. The summed E-state index contributed by atoms with van der Waals surface area (Å²) in [5.74, 6) is -0.593. The summed E-state index contributed by atoms with van der Waals surface area (Å²) in [5, 5.41) is 11.1. The Morgan fingerprint density at radius 2 is 2.25 bits per heavy atom. The minimum Gasteiger partial charge on any atom is -0.369 e. The zero-order valence-corrected chi connectivity index (χ0v) is 11.6. The molecule has 0 saturated carbocycles. The van der Waals surface area contributed by atoms with E-state index < -0.39 is 10.8 Å². The molecule has 20 heavy (non-hydrogen) atoms. The summed E-state index contributed by atoms with van der Waals surface area (Å²) in [6, 6.07) is 0. The molecular weight excluding hydrogens is 286 g/mol. The summed E-state index contributed by atoms with van der Waals surface area (Å²) < 4.78 is 0. The van der Waals surface area contributed by atoms with Crippen LogP contribution in [0.25, 0.3) is 0 Å². The fourth-order valence-corrected chi connectivity index (χ4v) is 2.56. The van der Waals surface area contributed by atoms with Crippen molar-refractivity contribution in [3.8, 4) is 0 Å². The molecule has 1 aromatic rings. The maximum atomic E-state index is 11.3. The fraction of sp³-hybridized carbons (Fsp3) is 0.545. The van der Waals surface area contributed by atoms with Crippen molar-refractivity contribution >= 4 is 29.0 Å². The first-order valence-electron chi connectivity index (χ1n) is 6.13. The van der Waals surface area contributed by atoms with Crippen LogP contribution in [0.4, 0.5) is 11.5 Å². The third-order valence-corrected chi connectivity index (χ3v) is 3.49. The molecule has 0 aromatic carbocycles. The first kappa shape index (κ1) is 14.4. The van der Waals surface area contributed by atoms with E-state index in [0.29, 0.717) is 25.9 Å². The van der Waals surface area contributed by atoms with Crippen LogP contribution in [-0.4, -0.2) is 33.9 Å². The number of anilines is 1. The van der Waals surface area contributed by atoms with Crippen LogP contribution in [0.15, 0.2) is 0 Å².